The Morgan fingerprint density at radius 2 is 2.24 bits per heavy atom. The topological polar surface area (TPSA) is 41.5 Å². The van der Waals surface area contributed by atoms with E-state index in [0.29, 0.717) is 6.61 Å². The number of fused-ring (bicyclic) bond motifs is 1. The van der Waals surface area contributed by atoms with E-state index in [1.807, 2.05) is 0 Å². The van der Waals surface area contributed by atoms with Crippen LogP contribution in [-0.2, 0) is 0 Å². The van der Waals surface area contributed by atoms with Gasteiger partial charge in [0, 0.05) is 18.2 Å². The Labute approximate surface area is 126 Å². The van der Waals surface area contributed by atoms with Crippen LogP contribution in [0.1, 0.15) is 51.1 Å². The second-order valence-electron chi connectivity index (χ2n) is 6.61. The molecule has 0 bridgehead atoms. The molecule has 0 radical (unpaired) electrons. The molecule has 0 saturated heterocycles. The second-order valence-corrected chi connectivity index (χ2v) is 6.61. The number of halogens is 1. The van der Waals surface area contributed by atoms with E-state index in [0.717, 1.165) is 43.5 Å². The lowest BCUT2D eigenvalue weighted by Gasteiger charge is -2.23. The molecule has 2 rings (SSSR count). The predicted molar refractivity (Wildman–Crippen MR) is 82.0 cm³/mol. The number of hydrogen-bond donors (Lipinski definition) is 2. The van der Waals surface area contributed by atoms with Crippen LogP contribution in [0.4, 0.5) is 4.39 Å². The molecule has 1 unspecified atom stereocenters. The van der Waals surface area contributed by atoms with E-state index in [1.165, 1.54) is 6.07 Å². The molecule has 0 fully saturated rings. The van der Waals surface area contributed by atoms with Gasteiger partial charge in [0.2, 0.25) is 0 Å². The van der Waals surface area contributed by atoms with Crippen molar-refractivity contribution in [2.45, 2.75) is 45.6 Å². The SMILES string of the molecule is CC(C)(CO)CCCNC1CCCOc2ccc(F)cc21. The van der Waals surface area contributed by atoms with Crippen molar-refractivity contribution in [3.05, 3.63) is 29.6 Å². The Kier molecular flexibility index (Phi) is 5.59. The van der Waals surface area contributed by atoms with Gasteiger partial charge in [0.1, 0.15) is 11.6 Å². The molecule has 0 aromatic heterocycles. The third-order valence-electron chi connectivity index (χ3n) is 4.09. The summed E-state index contributed by atoms with van der Waals surface area (Å²) in [6, 6.07) is 4.90. The molecule has 0 spiro atoms. The van der Waals surface area contributed by atoms with Crippen LogP contribution in [0, 0.1) is 11.2 Å². The normalized spacial score (nSPS) is 18.8. The van der Waals surface area contributed by atoms with Gasteiger partial charge in [-0.3, -0.25) is 0 Å². The van der Waals surface area contributed by atoms with E-state index in [9.17, 15) is 9.50 Å². The van der Waals surface area contributed by atoms with Gasteiger partial charge in [-0.05, 0) is 55.8 Å². The number of hydrogen-bond acceptors (Lipinski definition) is 3. The van der Waals surface area contributed by atoms with Gasteiger partial charge in [-0.25, -0.2) is 4.39 Å². The van der Waals surface area contributed by atoms with E-state index in [2.05, 4.69) is 19.2 Å². The molecule has 1 aliphatic rings. The quantitative estimate of drug-likeness (QED) is 0.790. The van der Waals surface area contributed by atoms with Crippen molar-refractivity contribution in [3.8, 4) is 5.75 Å². The van der Waals surface area contributed by atoms with Gasteiger partial charge in [0.05, 0.1) is 6.61 Å². The minimum Gasteiger partial charge on any atom is -0.493 e. The molecule has 1 atom stereocenters. The third-order valence-corrected chi connectivity index (χ3v) is 4.09. The zero-order chi connectivity index (χ0) is 15.3. The fourth-order valence-electron chi connectivity index (χ4n) is 2.68. The summed E-state index contributed by atoms with van der Waals surface area (Å²) in [5, 5.41) is 12.8. The van der Waals surface area contributed by atoms with Gasteiger partial charge in [0.25, 0.3) is 0 Å². The molecule has 0 aliphatic carbocycles. The van der Waals surface area contributed by atoms with Crippen LogP contribution < -0.4 is 10.1 Å². The maximum atomic E-state index is 13.5. The number of nitrogens with one attached hydrogen (secondary N) is 1. The first-order chi connectivity index (χ1) is 10.0. The van der Waals surface area contributed by atoms with E-state index in [4.69, 9.17) is 4.74 Å². The predicted octanol–water partition coefficient (Wildman–Crippen LogP) is 3.43. The molecular weight excluding hydrogens is 269 g/mol. The third kappa shape index (κ3) is 4.68. The highest BCUT2D eigenvalue weighted by molar-refractivity contribution is 5.37. The molecule has 118 valence electrons. The molecule has 3 nitrogen and oxygen atoms in total. The van der Waals surface area contributed by atoms with Crippen LogP contribution >= 0.6 is 0 Å². The molecule has 0 amide bonds. The summed E-state index contributed by atoms with van der Waals surface area (Å²) in [7, 11) is 0. The Morgan fingerprint density at radius 1 is 1.43 bits per heavy atom. The van der Waals surface area contributed by atoms with Crippen LogP contribution in [-0.4, -0.2) is 24.9 Å². The van der Waals surface area contributed by atoms with Gasteiger partial charge in [-0.2, -0.15) is 0 Å². The maximum absolute atomic E-state index is 13.5. The summed E-state index contributed by atoms with van der Waals surface area (Å²) in [6.07, 6.45) is 3.89. The molecular formula is C17H26FNO2. The van der Waals surface area contributed by atoms with E-state index in [-0.39, 0.29) is 23.9 Å². The highest BCUT2D eigenvalue weighted by Gasteiger charge is 2.21. The smallest absolute Gasteiger partial charge is 0.124 e. The highest BCUT2D eigenvalue weighted by Crippen LogP contribution is 2.32. The summed E-state index contributed by atoms with van der Waals surface area (Å²) in [4.78, 5) is 0. The maximum Gasteiger partial charge on any atom is 0.124 e. The average Bonchev–Trinajstić information content (AvgIpc) is 2.66. The van der Waals surface area contributed by atoms with Crippen molar-refractivity contribution >= 4 is 0 Å². The van der Waals surface area contributed by atoms with Crippen LogP contribution in [0.5, 0.6) is 5.75 Å². The first kappa shape index (κ1) is 16.2. The lowest BCUT2D eigenvalue weighted by Crippen LogP contribution is -2.24. The fraction of sp³-hybridized carbons (Fsp3) is 0.647. The standard InChI is InChI=1S/C17H26FNO2/c1-17(2,12-20)8-4-9-19-15-5-3-10-21-16-7-6-13(18)11-14(15)16/h6-7,11,15,19-20H,3-5,8-10,12H2,1-2H3. The van der Waals surface area contributed by atoms with Crippen molar-refractivity contribution in [1.29, 1.82) is 0 Å². The summed E-state index contributed by atoms with van der Waals surface area (Å²) >= 11 is 0. The Hall–Kier alpha value is -1.13. The first-order valence-electron chi connectivity index (χ1n) is 7.78. The summed E-state index contributed by atoms with van der Waals surface area (Å²) in [5.74, 6) is 0.578. The molecule has 21 heavy (non-hydrogen) atoms. The zero-order valence-corrected chi connectivity index (χ0v) is 13.0. The minimum absolute atomic E-state index is 0.0295. The van der Waals surface area contributed by atoms with Crippen molar-refractivity contribution < 1.29 is 14.2 Å². The number of aliphatic hydroxyl groups excluding tert-OH is 1. The van der Waals surface area contributed by atoms with Crippen molar-refractivity contribution in [2.24, 2.45) is 5.41 Å². The lowest BCUT2D eigenvalue weighted by molar-refractivity contribution is 0.147. The molecule has 4 heteroatoms. The van der Waals surface area contributed by atoms with Gasteiger partial charge in [-0.15, -0.1) is 0 Å². The molecule has 1 aromatic carbocycles. The zero-order valence-electron chi connectivity index (χ0n) is 13.0. The molecule has 2 N–H and O–H groups in total. The van der Waals surface area contributed by atoms with Crippen molar-refractivity contribution in [2.75, 3.05) is 19.8 Å². The van der Waals surface area contributed by atoms with Crippen LogP contribution in [0.3, 0.4) is 0 Å². The lowest BCUT2D eigenvalue weighted by atomic mass is 9.89. The van der Waals surface area contributed by atoms with E-state index < -0.39 is 0 Å². The Bertz CT molecular complexity index is 462. The minimum atomic E-state index is -0.215. The summed E-state index contributed by atoms with van der Waals surface area (Å²) < 4.78 is 19.2. The van der Waals surface area contributed by atoms with E-state index in [1.54, 1.807) is 12.1 Å². The number of aliphatic hydroxyl groups is 1. The average molecular weight is 295 g/mol. The first-order valence-corrected chi connectivity index (χ1v) is 7.78. The molecule has 1 aromatic rings. The largest absolute Gasteiger partial charge is 0.493 e. The van der Waals surface area contributed by atoms with Crippen molar-refractivity contribution in [3.63, 3.8) is 0 Å². The Morgan fingerprint density at radius 3 is 3.00 bits per heavy atom. The second kappa shape index (κ2) is 7.23. The van der Waals surface area contributed by atoms with Gasteiger partial charge >= 0.3 is 0 Å². The van der Waals surface area contributed by atoms with Gasteiger partial charge in [-0.1, -0.05) is 13.8 Å². The number of ether oxygens (including phenoxy) is 1. The number of rotatable bonds is 6. The monoisotopic (exact) mass is 295 g/mol. The molecule has 1 heterocycles. The van der Waals surface area contributed by atoms with Crippen LogP contribution in [0.25, 0.3) is 0 Å². The Balaban J connectivity index is 1.93. The molecule has 1 aliphatic heterocycles. The van der Waals surface area contributed by atoms with Crippen LogP contribution in [0.2, 0.25) is 0 Å². The summed E-state index contributed by atoms with van der Waals surface area (Å²) in [5.41, 5.74) is 0.895. The number of benzene rings is 1. The highest BCUT2D eigenvalue weighted by atomic mass is 19.1. The fourth-order valence-corrected chi connectivity index (χ4v) is 2.68. The van der Waals surface area contributed by atoms with Crippen LogP contribution in [0.15, 0.2) is 18.2 Å². The van der Waals surface area contributed by atoms with E-state index >= 15 is 0 Å². The van der Waals surface area contributed by atoms with Gasteiger partial charge in [0.15, 0.2) is 0 Å². The summed E-state index contributed by atoms with van der Waals surface area (Å²) in [6.45, 7) is 5.89. The molecule has 0 saturated carbocycles. The van der Waals surface area contributed by atoms with Gasteiger partial charge < -0.3 is 15.2 Å². The van der Waals surface area contributed by atoms with Crippen molar-refractivity contribution in [1.82, 2.24) is 5.32 Å².